The van der Waals surface area contributed by atoms with Gasteiger partial charge in [-0.1, -0.05) is 6.07 Å². The molecule has 2 rings (SSSR count). The minimum Gasteiger partial charge on any atom is -0.494 e. The molecule has 0 fully saturated rings. The molecule has 1 unspecified atom stereocenters. The highest BCUT2D eigenvalue weighted by atomic mass is 79.9. The lowest BCUT2D eigenvalue weighted by atomic mass is 10.1. The summed E-state index contributed by atoms with van der Waals surface area (Å²) in [4.78, 5) is 4.29. The van der Waals surface area contributed by atoms with Crippen molar-refractivity contribution in [3.63, 3.8) is 0 Å². The molecule has 0 bridgehead atoms. The van der Waals surface area contributed by atoms with Gasteiger partial charge in [-0.15, -0.1) is 0 Å². The molecule has 1 N–H and O–H groups in total. The molecule has 0 aliphatic heterocycles. The van der Waals surface area contributed by atoms with Crippen molar-refractivity contribution in [1.82, 2.24) is 10.3 Å². The fourth-order valence-electron chi connectivity index (χ4n) is 1.84. The van der Waals surface area contributed by atoms with Crippen LogP contribution in [0.25, 0.3) is 0 Å². The van der Waals surface area contributed by atoms with E-state index in [-0.39, 0.29) is 17.6 Å². The Hall–Kier alpha value is -1.46. The third-order valence-electron chi connectivity index (χ3n) is 3.05. The molecule has 1 aromatic carbocycles. The smallest absolute Gasteiger partial charge is 0.165 e. The molecule has 0 saturated heterocycles. The summed E-state index contributed by atoms with van der Waals surface area (Å²) in [7, 11) is 1.46. The van der Waals surface area contributed by atoms with Crippen LogP contribution in [0.3, 0.4) is 0 Å². The second-order valence-corrected chi connectivity index (χ2v) is 5.38. The molecule has 0 aliphatic rings. The molecule has 1 atom stereocenters. The molecule has 0 radical (unpaired) electrons. The number of aromatic nitrogens is 1. The average molecular weight is 339 g/mol. The van der Waals surface area contributed by atoms with Crippen molar-refractivity contribution in [2.45, 2.75) is 19.5 Å². The highest BCUT2D eigenvalue weighted by molar-refractivity contribution is 9.10. The summed E-state index contributed by atoms with van der Waals surface area (Å²) >= 11 is 3.35. The molecule has 0 saturated carbocycles. The maximum atomic E-state index is 13.6. The van der Waals surface area contributed by atoms with Gasteiger partial charge < -0.3 is 10.1 Å². The molecule has 1 aromatic heterocycles. The standard InChI is InChI=1S/C15H16BrFN2O/c1-10(11-3-6-15(20-2)14(17)7-11)18-9-13-5-4-12(16)8-19-13/h3-8,10,18H,9H2,1-2H3. The van der Waals surface area contributed by atoms with Gasteiger partial charge in [0.25, 0.3) is 0 Å². The normalized spacial score (nSPS) is 12.2. The number of nitrogens with zero attached hydrogens (tertiary/aromatic N) is 1. The van der Waals surface area contributed by atoms with Crippen LogP contribution in [0.1, 0.15) is 24.2 Å². The van der Waals surface area contributed by atoms with Crippen LogP contribution in [0.2, 0.25) is 0 Å². The van der Waals surface area contributed by atoms with Crippen LogP contribution in [0.15, 0.2) is 41.0 Å². The Labute approximate surface area is 126 Å². The number of halogens is 2. The van der Waals surface area contributed by atoms with Crippen LogP contribution < -0.4 is 10.1 Å². The Morgan fingerprint density at radius 1 is 1.35 bits per heavy atom. The molecule has 5 heteroatoms. The van der Waals surface area contributed by atoms with E-state index in [0.717, 1.165) is 15.7 Å². The predicted octanol–water partition coefficient (Wildman–Crippen LogP) is 3.84. The Morgan fingerprint density at radius 3 is 2.75 bits per heavy atom. The maximum Gasteiger partial charge on any atom is 0.165 e. The summed E-state index contributed by atoms with van der Waals surface area (Å²) < 4.78 is 19.5. The topological polar surface area (TPSA) is 34.1 Å². The highest BCUT2D eigenvalue weighted by Crippen LogP contribution is 2.21. The van der Waals surface area contributed by atoms with Crippen molar-refractivity contribution in [3.8, 4) is 5.75 Å². The number of ether oxygens (including phenoxy) is 1. The van der Waals surface area contributed by atoms with Gasteiger partial charge >= 0.3 is 0 Å². The summed E-state index contributed by atoms with van der Waals surface area (Å²) in [6, 6.07) is 8.90. The number of hydrogen-bond acceptors (Lipinski definition) is 3. The minimum absolute atomic E-state index is 0.0286. The Balaban J connectivity index is 1.99. The average Bonchev–Trinajstić information content (AvgIpc) is 2.46. The first-order valence-corrected chi connectivity index (χ1v) is 7.06. The fraction of sp³-hybridized carbons (Fsp3) is 0.267. The lowest BCUT2D eigenvalue weighted by molar-refractivity contribution is 0.385. The molecule has 1 heterocycles. The molecule has 0 amide bonds. The van der Waals surface area contributed by atoms with Crippen molar-refractivity contribution in [2.24, 2.45) is 0 Å². The third kappa shape index (κ3) is 3.77. The second kappa shape index (κ2) is 6.81. The van der Waals surface area contributed by atoms with Gasteiger partial charge in [0, 0.05) is 23.3 Å². The van der Waals surface area contributed by atoms with Gasteiger partial charge in [-0.25, -0.2) is 4.39 Å². The lowest BCUT2D eigenvalue weighted by Crippen LogP contribution is -2.18. The predicted molar refractivity (Wildman–Crippen MR) is 80.1 cm³/mol. The largest absolute Gasteiger partial charge is 0.494 e. The SMILES string of the molecule is COc1ccc(C(C)NCc2ccc(Br)cn2)cc1F. The van der Waals surface area contributed by atoms with E-state index in [4.69, 9.17) is 4.74 Å². The number of hydrogen-bond donors (Lipinski definition) is 1. The van der Waals surface area contributed by atoms with Gasteiger partial charge in [-0.2, -0.15) is 0 Å². The monoisotopic (exact) mass is 338 g/mol. The van der Waals surface area contributed by atoms with Crippen LogP contribution in [0.4, 0.5) is 4.39 Å². The highest BCUT2D eigenvalue weighted by Gasteiger charge is 2.09. The van der Waals surface area contributed by atoms with E-state index in [0.29, 0.717) is 6.54 Å². The van der Waals surface area contributed by atoms with Crippen molar-refractivity contribution >= 4 is 15.9 Å². The van der Waals surface area contributed by atoms with E-state index in [1.807, 2.05) is 25.1 Å². The molecule has 20 heavy (non-hydrogen) atoms. The zero-order chi connectivity index (χ0) is 14.5. The molecular weight excluding hydrogens is 323 g/mol. The lowest BCUT2D eigenvalue weighted by Gasteiger charge is -2.15. The molecule has 3 nitrogen and oxygen atoms in total. The van der Waals surface area contributed by atoms with Crippen LogP contribution >= 0.6 is 15.9 Å². The van der Waals surface area contributed by atoms with Crippen molar-refractivity contribution in [3.05, 3.63) is 58.1 Å². The van der Waals surface area contributed by atoms with Gasteiger partial charge in [0.1, 0.15) is 0 Å². The number of methoxy groups -OCH3 is 1. The Bertz CT molecular complexity index is 575. The van der Waals surface area contributed by atoms with E-state index in [1.54, 1.807) is 12.3 Å². The molecule has 106 valence electrons. The third-order valence-corrected chi connectivity index (χ3v) is 3.52. The molecule has 0 aliphatic carbocycles. The summed E-state index contributed by atoms with van der Waals surface area (Å²) in [5.74, 6) is -0.0871. The van der Waals surface area contributed by atoms with Gasteiger partial charge in [-0.05, 0) is 52.7 Å². The van der Waals surface area contributed by atoms with E-state index in [9.17, 15) is 4.39 Å². The van der Waals surface area contributed by atoms with Gasteiger partial charge in [0.05, 0.1) is 12.8 Å². The Morgan fingerprint density at radius 2 is 2.15 bits per heavy atom. The van der Waals surface area contributed by atoms with Crippen molar-refractivity contribution in [2.75, 3.05) is 7.11 Å². The summed E-state index contributed by atoms with van der Waals surface area (Å²) in [6.45, 7) is 2.61. The number of nitrogens with one attached hydrogen (secondary N) is 1. The van der Waals surface area contributed by atoms with Gasteiger partial charge in [0.2, 0.25) is 0 Å². The maximum absolute atomic E-state index is 13.6. The first-order chi connectivity index (χ1) is 9.60. The van der Waals surface area contributed by atoms with Gasteiger partial charge in [-0.3, -0.25) is 4.98 Å². The fourth-order valence-corrected chi connectivity index (χ4v) is 2.07. The number of rotatable bonds is 5. The quantitative estimate of drug-likeness (QED) is 0.899. The van der Waals surface area contributed by atoms with Crippen molar-refractivity contribution < 1.29 is 9.13 Å². The molecular formula is C15H16BrFN2O. The molecule has 0 spiro atoms. The first-order valence-electron chi connectivity index (χ1n) is 6.27. The van der Waals surface area contributed by atoms with Crippen LogP contribution in [0, 0.1) is 5.82 Å². The second-order valence-electron chi connectivity index (χ2n) is 4.46. The summed E-state index contributed by atoms with van der Waals surface area (Å²) in [6.07, 6.45) is 1.76. The minimum atomic E-state index is -0.347. The van der Waals surface area contributed by atoms with E-state index in [1.165, 1.54) is 13.2 Å². The first kappa shape index (κ1) is 14.9. The van der Waals surface area contributed by atoms with E-state index < -0.39 is 0 Å². The van der Waals surface area contributed by atoms with E-state index in [2.05, 4.69) is 26.2 Å². The summed E-state index contributed by atoms with van der Waals surface area (Å²) in [5, 5.41) is 3.31. The number of pyridine rings is 1. The Kier molecular flexibility index (Phi) is 5.09. The van der Waals surface area contributed by atoms with Crippen LogP contribution in [-0.4, -0.2) is 12.1 Å². The van der Waals surface area contributed by atoms with Crippen molar-refractivity contribution in [1.29, 1.82) is 0 Å². The molecule has 2 aromatic rings. The summed E-state index contributed by atoms with van der Waals surface area (Å²) in [5.41, 5.74) is 1.81. The van der Waals surface area contributed by atoms with E-state index >= 15 is 0 Å². The number of benzene rings is 1. The zero-order valence-electron chi connectivity index (χ0n) is 11.4. The van der Waals surface area contributed by atoms with Gasteiger partial charge in [0.15, 0.2) is 11.6 Å². The van der Waals surface area contributed by atoms with Crippen LogP contribution in [0.5, 0.6) is 5.75 Å². The van der Waals surface area contributed by atoms with Crippen LogP contribution in [-0.2, 0) is 6.54 Å². The zero-order valence-corrected chi connectivity index (χ0v) is 12.9.